The predicted molar refractivity (Wildman–Crippen MR) is 158 cm³/mol. The minimum absolute atomic E-state index is 0.00251. The monoisotopic (exact) mass is 536 g/mol. The number of unbranched alkanes of at least 4 members (excludes halogenated alkanes) is 1. The van der Waals surface area contributed by atoms with Gasteiger partial charge in [0.15, 0.2) is 5.16 Å². The molecule has 0 bridgehead atoms. The Morgan fingerprint density at radius 2 is 1.68 bits per heavy atom. The van der Waals surface area contributed by atoms with Gasteiger partial charge in [-0.3, -0.25) is 9.36 Å². The van der Waals surface area contributed by atoms with Crippen molar-refractivity contribution < 1.29 is 9.53 Å². The molecule has 0 fully saturated rings. The molecule has 1 amide bonds. The number of thioether (sulfide) groups is 1. The number of para-hydroxylation sites is 1. The Bertz CT molecular complexity index is 1190. The zero-order valence-electron chi connectivity index (χ0n) is 24.1. The summed E-state index contributed by atoms with van der Waals surface area (Å²) in [5.74, 6) is 2.08. The summed E-state index contributed by atoms with van der Waals surface area (Å²) >= 11 is 1.40. The Morgan fingerprint density at radius 1 is 0.974 bits per heavy atom. The third-order valence-corrected chi connectivity index (χ3v) is 8.48. The van der Waals surface area contributed by atoms with Crippen molar-refractivity contribution in [3.05, 3.63) is 65.5 Å². The van der Waals surface area contributed by atoms with E-state index in [4.69, 9.17) is 4.74 Å². The summed E-state index contributed by atoms with van der Waals surface area (Å²) in [6.45, 7) is 16.8. The van der Waals surface area contributed by atoms with E-state index in [0.717, 1.165) is 48.1 Å². The average molecular weight is 537 g/mol. The summed E-state index contributed by atoms with van der Waals surface area (Å²) in [6.07, 6.45) is 3.88. The SMILES string of the molecule is CCC(C)(C)c1ccc(OCCCCNC(=O)CSc2nnc(C)n2-c2ccccc2)c(C(C)(C)CC)c1. The van der Waals surface area contributed by atoms with Gasteiger partial charge in [0.1, 0.15) is 11.6 Å². The Kier molecular flexibility index (Phi) is 10.4. The van der Waals surface area contributed by atoms with Crippen LogP contribution in [0.15, 0.2) is 53.7 Å². The number of amides is 1. The first-order chi connectivity index (χ1) is 18.1. The molecule has 6 nitrogen and oxygen atoms in total. The highest BCUT2D eigenvalue weighted by molar-refractivity contribution is 7.99. The summed E-state index contributed by atoms with van der Waals surface area (Å²) in [7, 11) is 0. The van der Waals surface area contributed by atoms with Crippen LogP contribution in [0.4, 0.5) is 0 Å². The largest absolute Gasteiger partial charge is 0.493 e. The number of aromatic nitrogens is 3. The van der Waals surface area contributed by atoms with Crippen LogP contribution in [0.5, 0.6) is 5.75 Å². The minimum atomic E-state index is -0.00251. The summed E-state index contributed by atoms with van der Waals surface area (Å²) in [5.41, 5.74) is 3.82. The summed E-state index contributed by atoms with van der Waals surface area (Å²) in [4.78, 5) is 12.4. The number of hydrogen-bond donors (Lipinski definition) is 1. The zero-order valence-corrected chi connectivity index (χ0v) is 25.0. The molecular weight excluding hydrogens is 492 g/mol. The van der Waals surface area contributed by atoms with Crippen LogP contribution in [0.25, 0.3) is 5.69 Å². The third kappa shape index (κ3) is 7.62. The maximum absolute atomic E-state index is 12.4. The smallest absolute Gasteiger partial charge is 0.230 e. The fraction of sp³-hybridized carbons (Fsp3) is 0.516. The second-order valence-electron chi connectivity index (χ2n) is 11.1. The fourth-order valence-electron chi connectivity index (χ4n) is 4.13. The molecule has 0 saturated heterocycles. The van der Waals surface area contributed by atoms with Crippen molar-refractivity contribution in [3.63, 3.8) is 0 Å². The molecule has 3 aromatic rings. The van der Waals surface area contributed by atoms with E-state index < -0.39 is 0 Å². The van der Waals surface area contributed by atoms with Crippen LogP contribution in [0.1, 0.15) is 84.2 Å². The highest BCUT2D eigenvalue weighted by atomic mass is 32.2. The zero-order chi connectivity index (χ0) is 27.8. The van der Waals surface area contributed by atoms with Gasteiger partial charge in [-0.05, 0) is 67.2 Å². The van der Waals surface area contributed by atoms with Crippen molar-refractivity contribution in [2.45, 2.75) is 90.1 Å². The number of nitrogens with zero attached hydrogens (tertiary/aromatic N) is 3. The lowest BCUT2D eigenvalue weighted by Crippen LogP contribution is -2.26. The van der Waals surface area contributed by atoms with Crippen LogP contribution in [-0.2, 0) is 15.6 Å². The first-order valence-corrected chi connectivity index (χ1v) is 14.7. The van der Waals surface area contributed by atoms with Crippen molar-refractivity contribution in [1.29, 1.82) is 0 Å². The molecule has 1 aromatic heterocycles. The highest BCUT2D eigenvalue weighted by Crippen LogP contribution is 2.38. The molecule has 7 heteroatoms. The molecule has 38 heavy (non-hydrogen) atoms. The van der Waals surface area contributed by atoms with Crippen LogP contribution in [0, 0.1) is 6.92 Å². The van der Waals surface area contributed by atoms with Crippen LogP contribution >= 0.6 is 11.8 Å². The summed E-state index contributed by atoms with van der Waals surface area (Å²) in [6, 6.07) is 16.7. The second-order valence-corrected chi connectivity index (χ2v) is 12.0. The topological polar surface area (TPSA) is 69.0 Å². The van der Waals surface area contributed by atoms with Crippen molar-refractivity contribution in [3.8, 4) is 11.4 Å². The van der Waals surface area contributed by atoms with Gasteiger partial charge in [-0.1, -0.05) is 83.6 Å². The number of benzene rings is 2. The molecule has 1 heterocycles. The van der Waals surface area contributed by atoms with E-state index in [1.165, 1.54) is 22.9 Å². The van der Waals surface area contributed by atoms with E-state index in [-0.39, 0.29) is 16.7 Å². The predicted octanol–water partition coefficient (Wildman–Crippen LogP) is 7.02. The molecule has 0 spiro atoms. The Hall–Kier alpha value is -2.80. The lowest BCUT2D eigenvalue weighted by Gasteiger charge is -2.30. The standard InChI is InChI=1S/C31H44N4O2S/c1-8-30(4,5)24-17-18-27(26(21-24)31(6,7)9-2)37-20-14-13-19-32-28(36)22-38-29-34-33-23(3)35(29)25-15-11-10-12-16-25/h10-12,15-18,21H,8-9,13-14,19-20,22H2,1-7H3,(H,32,36). The lowest BCUT2D eigenvalue weighted by atomic mass is 9.76. The average Bonchev–Trinajstić information content (AvgIpc) is 3.29. The molecule has 0 radical (unpaired) electrons. The second kappa shape index (κ2) is 13.3. The highest BCUT2D eigenvalue weighted by Gasteiger charge is 2.26. The van der Waals surface area contributed by atoms with Gasteiger partial charge in [-0.15, -0.1) is 10.2 Å². The van der Waals surface area contributed by atoms with Gasteiger partial charge < -0.3 is 10.1 Å². The quantitative estimate of drug-likeness (QED) is 0.177. The van der Waals surface area contributed by atoms with E-state index in [1.807, 2.05) is 41.8 Å². The van der Waals surface area contributed by atoms with E-state index in [2.05, 4.69) is 75.3 Å². The molecular formula is C31H44N4O2S. The van der Waals surface area contributed by atoms with E-state index in [0.29, 0.717) is 18.9 Å². The fourth-order valence-corrected chi connectivity index (χ4v) is 4.96. The number of nitrogens with one attached hydrogen (secondary N) is 1. The maximum Gasteiger partial charge on any atom is 0.230 e. The van der Waals surface area contributed by atoms with Crippen molar-refractivity contribution in [2.75, 3.05) is 18.9 Å². The van der Waals surface area contributed by atoms with Crippen LogP contribution in [0.2, 0.25) is 0 Å². The number of hydrogen-bond acceptors (Lipinski definition) is 5. The lowest BCUT2D eigenvalue weighted by molar-refractivity contribution is -0.118. The van der Waals surface area contributed by atoms with Gasteiger partial charge in [0, 0.05) is 17.8 Å². The van der Waals surface area contributed by atoms with Crippen LogP contribution in [-0.4, -0.2) is 39.6 Å². The van der Waals surface area contributed by atoms with E-state index in [9.17, 15) is 4.79 Å². The molecule has 206 valence electrons. The summed E-state index contributed by atoms with van der Waals surface area (Å²) < 4.78 is 8.23. The summed E-state index contributed by atoms with van der Waals surface area (Å²) in [5, 5.41) is 12.2. The molecule has 3 rings (SSSR count). The number of carbonyl (C=O) groups is 1. The molecule has 0 saturated carbocycles. The first-order valence-electron chi connectivity index (χ1n) is 13.7. The van der Waals surface area contributed by atoms with E-state index in [1.54, 1.807) is 0 Å². The number of aryl methyl sites for hydroxylation is 1. The van der Waals surface area contributed by atoms with Crippen molar-refractivity contribution >= 4 is 17.7 Å². The van der Waals surface area contributed by atoms with Gasteiger partial charge in [-0.2, -0.15) is 0 Å². The molecule has 0 aliphatic rings. The molecule has 0 aliphatic carbocycles. The minimum Gasteiger partial charge on any atom is -0.493 e. The first kappa shape index (κ1) is 29.8. The van der Waals surface area contributed by atoms with Gasteiger partial charge >= 0.3 is 0 Å². The molecule has 2 aromatic carbocycles. The maximum atomic E-state index is 12.4. The molecule has 0 aliphatic heterocycles. The van der Waals surface area contributed by atoms with Crippen LogP contribution < -0.4 is 10.1 Å². The van der Waals surface area contributed by atoms with Gasteiger partial charge in [0.2, 0.25) is 5.91 Å². The Labute approximate surface area is 233 Å². The van der Waals surface area contributed by atoms with Crippen molar-refractivity contribution in [1.82, 2.24) is 20.1 Å². The van der Waals surface area contributed by atoms with E-state index >= 15 is 0 Å². The van der Waals surface area contributed by atoms with Crippen molar-refractivity contribution in [2.24, 2.45) is 0 Å². The number of rotatable bonds is 14. The van der Waals surface area contributed by atoms with Crippen LogP contribution in [0.3, 0.4) is 0 Å². The number of carbonyl (C=O) groups excluding carboxylic acids is 1. The normalized spacial score (nSPS) is 12.0. The number of ether oxygens (including phenoxy) is 1. The Morgan fingerprint density at radius 3 is 2.37 bits per heavy atom. The molecule has 0 unspecified atom stereocenters. The van der Waals surface area contributed by atoms with Gasteiger partial charge in [0.25, 0.3) is 0 Å². The van der Waals surface area contributed by atoms with Gasteiger partial charge in [0.05, 0.1) is 12.4 Å². The molecule has 1 N–H and O–H groups in total. The third-order valence-electron chi connectivity index (χ3n) is 7.55. The molecule has 0 atom stereocenters. The van der Waals surface area contributed by atoms with Gasteiger partial charge in [-0.25, -0.2) is 0 Å². The Balaban J connectivity index is 1.45.